The van der Waals surface area contributed by atoms with Crippen LogP contribution in [0.15, 0.2) is 152 Å². The van der Waals surface area contributed by atoms with Crippen LogP contribution in [-0.4, -0.2) is 61.2 Å². The summed E-state index contributed by atoms with van der Waals surface area (Å²) in [5.74, 6) is -2.68. The van der Waals surface area contributed by atoms with Gasteiger partial charge in [0.25, 0.3) is 0 Å². The van der Waals surface area contributed by atoms with Crippen LogP contribution >= 0.6 is 0 Å². The van der Waals surface area contributed by atoms with E-state index >= 15 is 0 Å². The summed E-state index contributed by atoms with van der Waals surface area (Å²) < 4.78 is 36.3. The van der Waals surface area contributed by atoms with Gasteiger partial charge in [-0.15, -0.1) is 0 Å². The Hall–Kier alpha value is -6.26. The summed E-state index contributed by atoms with van der Waals surface area (Å²) >= 11 is 0. The van der Waals surface area contributed by atoms with Gasteiger partial charge in [0.2, 0.25) is 12.4 Å². The highest BCUT2D eigenvalue weighted by atomic mass is 16.7. The van der Waals surface area contributed by atoms with E-state index in [1.807, 2.05) is 0 Å². The first-order chi connectivity index (χ1) is 24.5. The molecule has 0 saturated carbocycles. The van der Waals surface area contributed by atoms with Gasteiger partial charge in [-0.3, -0.25) is 0 Å². The SMILES string of the molecule is O=C(OC[C@H]1O[C@H](Oc2ccccc2)[C@@H](OC(=O)c2ccccc2)[C@@H](OC(=O)c2ccccc2)[C@@H]1OC(=O)c1ccccc1)c1ccccc1. The number of carbonyl (C=O) groups excluding carboxylic acids is 4. The molecule has 0 aliphatic carbocycles. The van der Waals surface area contributed by atoms with E-state index in [0.29, 0.717) is 5.75 Å². The Morgan fingerprint density at radius 2 is 0.800 bits per heavy atom. The second kappa shape index (κ2) is 16.2. The van der Waals surface area contributed by atoms with E-state index < -0.39 is 61.2 Å². The number of rotatable bonds is 11. The Morgan fingerprint density at radius 1 is 0.440 bits per heavy atom. The number of carbonyl (C=O) groups is 4. The largest absolute Gasteiger partial charge is 0.461 e. The monoisotopic (exact) mass is 672 g/mol. The second-order valence-corrected chi connectivity index (χ2v) is 11.1. The lowest BCUT2D eigenvalue weighted by Gasteiger charge is -2.44. The summed E-state index contributed by atoms with van der Waals surface area (Å²) in [7, 11) is 0. The van der Waals surface area contributed by atoms with Crippen LogP contribution in [0.5, 0.6) is 5.75 Å². The molecule has 10 heteroatoms. The first-order valence-electron chi connectivity index (χ1n) is 15.8. The molecule has 10 nitrogen and oxygen atoms in total. The van der Waals surface area contributed by atoms with Gasteiger partial charge in [0, 0.05) is 0 Å². The molecule has 6 rings (SSSR count). The van der Waals surface area contributed by atoms with Crippen molar-refractivity contribution in [2.24, 2.45) is 0 Å². The minimum atomic E-state index is -1.51. The summed E-state index contributed by atoms with van der Waals surface area (Å²) in [4.78, 5) is 53.9. The Labute approximate surface area is 288 Å². The van der Waals surface area contributed by atoms with Crippen molar-refractivity contribution in [3.8, 4) is 5.75 Å². The normalized spacial score (nSPS) is 19.7. The van der Waals surface area contributed by atoms with E-state index in [4.69, 9.17) is 28.4 Å². The van der Waals surface area contributed by atoms with E-state index in [0.717, 1.165) is 0 Å². The second-order valence-electron chi connectivity index (χ2n) is 11.1. The third-order valence-electron chi connectivity index (χ3n) is 7.73. The zero-order chi connectivity index (χ0) is 34.7. The molecule has 0 radical (unpaired) electrons. The van der Waals surface area contributed by atoms with Crippen molar-refractivity contribution in [3.05, 3.63) is 174 Å². The minimum absolute atomic E-state index is 0.188. The number of hydrogen-bond acceptors (Lipinski definition) is 10. The van der Waals surface area contributed by atoms with Gasteiger partial charge < -0.3 is 28.4 Å². The molecule has 1 aliphatic heterocycles. The van der Waals surface area contributed by atoms with Crippen LogP contribution in [0.2, 0.25) is 0 Å². The van der Waals surface area contributed by atoms with Crippen LogP contribution in [0.3, 0.4) is 0 Å². The van der Waals surface area contributed by atoms with Crippen LogP contribution in [0.1, 0.15) is 41.4 Å². The molecule has 5 atom stereocenters. The van der Waals surface area contributed by atoms with E-state index in [-0.39, 0.29) is 22.3 Å². The first kappa shape index (κ1) is 33.6. The molecule has 50 heavy (non-hydrogen) atoms. The summed E-state index contributed by atoms with van der Waals surface area (Å²) in [5, 5.41) is 0. The Balaban J connectivity index is 1.41. The molecule has 1 saturated heterocycles. The molecule has 0 unspecified atom stereocenters. The van der Waals surface area contributed by atoms with Gasteiger partial charge >= 0.3 is 23.9 Å². The number of para-hydroxylation sites is 1. The predicted molar refractivity (Wildman–Crippen MR) is 179 cm³/mol. The number of ether oxygens (including phenoxy) is 6. The smallest absolute Gasteiger partial charge is 0.338 e. The van der Waals surface area contributed by atoms with Gasteiger partial charge in [-0.05, 0) is 60.7 Å². The molecule has 0 bridgehead atoms. The average Bonchev–Trinajstić information content (AvgIpc) is 3.17. The van der Waals surface area contributed by atoms with E-state index in [1.165, 1.54) is 0 Å². The maximum absolute atomic E-state index is 13.7. The maximum atomic E-state index is 13.7. The summed E-state index contributed by atoms with van der Waals surface area (Å²) in [6.07, 6.45) is -7.13. The van der Waals surface area contributed by atoms with Gasteiger partial charge in [-0.25, -0.2) is 19.2 Å². The molecule has 0 aromatic heterocycles. The van der Waals surface area contributed by atoms with E-state index in [1.54, 1.807) is 152 Å². The van der Waals surface area contributed by atoms with Gasteiger partial charge in [0.05, 0.1) is 22.3 Å². The van der Waals surface area contributed by atoms with Gasteiger partial charge in [-0.2, -0.15) is 0 Å². The average molecular weight is 673 g/mol. The Morgan fingerprint density at radius 3 is 1.24 bits per heavy atom. The molecule has 1 aliphatic rings. The fourth-order valence-electron chi connectivity index (χ4n) is 5.26. The quantitative estimate of drug-likeness (QED) is 0.116. The molecule has 1 fully saturated rings. The number of benzene rings is 5. The summed E-state index contributed by atoms with van der Waals surface area (Å²) in [6, 6.07) is 41.4. The van der Waals surface area contributed by atoms with Gasteiger partial charge in [0.1, 0.15) is 18.5 Å². The minimum Gasteiger partial charge on any atom is -0.461 e. The van der Waals surface area contributed by atoms with Crippen molar-refractivity contribution in [1.82, 2.24) is 0 Å². The lowest BCUT2D eigenvalue weighted by molar-refractivity contribution is -0.275. The van der Waals surface area contributed by atoms with Crippen molar-refractivity contribution >= 4 is 23.9 Å². The molecule has 252 valence electrons. The van der Waals surface area contributed by atoms with E-state index in [9.17, 15) is 19.2 Å². The van der Waals surface area contributed by atoms with Crippen molar-refractivity contribution in [2.45, 2.75) is 30.7 Å². The van der Waals surface area contributed by atoms with E-state index in [2.05, 4.69) is 0 Å². The van der Waals surface area contributed by atoms with Crippen LogP contribution in [0.25, 0.3) is 0 Å². The maximum Gasteiger partial charge on any atom is 0.338 e. The third-order valence-corrected chi connectivity index (χ3v) is 7.73. The van der Waals surface area contributed by atoms with Crippen LogP contribution in [-0.2, 0) is 23.7 Å². The third kappa shape index (κ3) is 8.41. The van der Waals surface area contributed by atoms with Crippen LogP contribution in [0, 0.1) is 0 Å². The lowest BCUT2D eigenvalue weighted by atomic mass is 9.97. The highest BCUT2D eigenvalue weighted by Crippen LogP contribution is 2.32. The standard InChI is InChI=1S/C40H32O10/c41-36(27-16-6-1-7-17-27)45-26-32-33(48-37(42)28-18-8-2-9-19-28)34(49-38(43)29-20-10-3-11-21-29)35(50-39(44)30-22-12-4-13-23-30)40(47-32)46-31-24-14-5-15-25-31/h1-25,32-35,40H,26H2/t32-,33-,34+,35+,40+/m1/s1. The predicted octanol–water partition coefficient (Wildman–Crippen LogP) is 6.32. The van der Waals surface area contributed by atoms with Crippen molar-refractivity contribution in [1.29, 1.82) is 0 Å². The molecular weight excluding hydrogens is 640 g/mol. The number of esters is 4. The van der Waals surface area contributed by atoms with Crippen molar-refractivity contribution in [2.75, 3.05) is 6.61 Å². The fraction of sp³-hybridized carbons (Fsp3) is 0.150. The van der Waals surface area contributed by atoms with Gasteiger partial charge in [0.15, 0.2) is 12.2 Å². The molecule has 1 heterocycles. The molecule has 0 amide bonds. The first-order valence-corrected chi connectivity index (χ1v) is 15.8. The van der Waals surface area contributed by atoms with Crippen LogP contribution in [0.4, 0.5) is 0 Å². The molecule has 5 aromatic carbocycles. The zero-order valence-corrected chi connectivity index (χ0v) is 26.6. The fourth-order valence-corrected chi connectivity index (χ4v) is 5.26. The Kier molecular flexibility index (Phi) is 10.9. The molecule has 0 spiro atoms. The lowest BCUT2D eigenvalue weighted by Crippen LogP contribution is -2.63. The van der Waals surface area contributed by atoms with Crippen molar-refractivity contribution in [3.63, 3.8) is 0 Å². The van der Waals surface area contributed by atoms with Gasteiger partial charge in [-0.1, -0.05) is 91.0 Å². The van der Waals surface area contributed by atoms with Crippen molar-refractivity contribution < 1.29 is 47.6 Å². The van der Waals surface area contributed by atoms with Crippen LogP contribution < -0.4 is 4.74 Å². The zero-order valence-electron chi connectivity index (χ0n) is 26.6. The molecule has 5 aromatic rings. The topological polar surface area (TPSA) is 124 Å². The summed E-state index contributed by atoms with van der Waals surface area (Å²) in [5.41, 5.74) is 0.866. The summed E-state index contributed by atoms with van der Waals surface area (Å²) in [6.45, 7) is -0.451. The molecule has 0 N–H and O–H groups in total. The Bertz CT molecular complexity index is 1870. The molecular formula is C40H32O10. The highest BCUT2D eigenvalue weighted by Gasteiger charge is 2.54. The number of hydrogen-bond donors (Lipinski definition) is 0. The highest BCUT2D eigenvalue weighted by molar-refractivity contribution is 5.91.